The molecule has 1 aromatic rings. The van der Waals surface area contributed by atoms with E-state index in [1.165, 1.54) is 0 Å². The molecule has 1 aliphatic carbocycles. The van der Waals surface area contributed by atoms with Crippen LogP contribution in [0.1, 0.15) is 24.8 Å². The summed E-state index contributed by atoms with van der Waals surface area (Å²) in [7, 11) is 0. The first-order chi connectivity index (χ1) is 7.54. The van der Waals surface area contributed by atoms with Gasteiger partial charge in [-0.2, -0.15) is 0 Å². The molecule has 1 fully saturated rings. The van der Waals surface area contributed by atoms with Crippen molar-refractivity contribution in [3.05, 3.63) is 34.3 Å². The first-order valence-corrected chi connectivity index (χ1v) is 6.00. The fraction of sp³-hybridized carbons (Fsp3) is 0.417. The van der Waals surface area contributed by atoms with Gasteiger partial charge in [-0.3, -0.25) is 4.79 Å². The summed E-state index contributed by atoms with van der Waals surface area (Å²) >= 11 is 3.35. The zero-order chi connectivity index (χ0) is 11.8. The van der Waals surface area contributed by atoms with Gasteiger partial charge in [-0.05, 0) is 30.5 Å². The molecular weight excluding hydrogens is 272 g/mol. The fourth-order valence-corrected chi connectivity index (χ4v) is 2.36. The second kappa shape index (κ2) is 4.18. The number of rotatable bonds is 4. The lowest BCUT2D eigenvalue weighted by atomic mass is 9.88. The number of carbonyl (C=O) groups is 1. The second-order valence-corrected chi connectivity index (χ2v) is 5.19. The average molecular weight is 285 g/mol. The smallest absolute Gasteiger partial charge is 0.306 e. The van der Waals surface area contributed by atoms with Crippen LogP contribution < -0.4 is 0 Å². The molecular formula is C12H13BrO3. The summed E-state index contributed by atoms with van der Waals surface area (Å²) < 4.78 is 0.986. The zero-order valence-corrected chi connectivity index (χ0v) is 10.3. The Morgan fingerprint density at radius 1 is 1.38 bits per heavy atom. The van der Waals surface area contributed by atoms with Crippen molar-refractivity contribution in [2.75, 3.05) is 0 Å². The number of aliphatic hydroxyl groups excluding tert-OH is 1. The average Bonchev–Trinajstić information content (AvgIpc) is 2.98. The van der Waals surface area contributed by atoms with E-state index in [-0.39, 0.29) is 11.8 Å². The molecule has 0 spiro atoms. The van der Waals surface area contributed by atoms with Crippen LogP contribution in [0.15, 0.2) is 28.7 Å². The third-order valence-corrected chi connectivity index (χ3v) is 3.74. The van der Waals surface area contributed by atoms with Crippen molar-refractivity contribution in [1.82, 2.24) is 0 Å². The van der Waals surface area contributed by atoms with Crippen molar-refractivity contribution in [2.45, 2.75) is 30.8 Å². The van der Waals surface area contributed by atoms with Crippen LogP contribution in [-0.4, -0.2) is 22.3 Å². The minimum absolute atomic E-state index is 0.184. The molecule has 0 heterocycles. The molecule has 16 heavy (non-hydrogen) atoms. The van der Waals surface area contributed by atoms with Crippen molar-refractivity contribution >= 4 is 21.9 Å². The normalized spacial score (nSPS) is 19.1. The number of aliphatic hydroxyl groups is 1. The number of benzene rings is 1. The van der Waals surface area contributed by atoms with Gasteiger partial charge < -0.3 is 10.2 Å². The van der Waals surface area contributed by atoms with Crippen molar-refractivity contribution in [3.63, 3.8) is 0 Å². The Morgan fingerprint density at radius 3 is 2.38 bits per heavy atom. The molecule has 1 saturated carbocycles. The Hall–Kier alpha value is -0.870. The Balaban J connectivity index is 2.19. The molecule has 0 aromatic heterocycles. The lowest BCUT2D eigenvalue weighted by Gasteiger charge is -2.21. The molecule has 3 nitrogen and oxygen atoms in total. The third-order valence-electron chi connectivity index (χ3n) is 3.21. The molecule has 86 valence electrons. The Labute approximate surface area is 102 Å². The van der Waals surface area contributed by atoms with Gasteiger partial charge in [0.05, 0.1) is 12.5 Å². The minimum Gasteiger partial charge on any atom is -0.481 e. The largest absolute Gasteiger partial charge is 0.481 e. The van der Waals surface area contributed by atoms with E-state index in [4.69, 9.17) is 5.11 Å². The van der Waals surface area contributed by atoms with Crippen molar-refractivity contribution in [1.29, 1.82) is 0 Å². The molecule has 0 saturated heterocycles. The molecule has 0 unspecified atom stereocenters. The van der Waals surface area contributed by atoms with Gasteiger partial charge in [0.15, 0.2) is 0 Å². The number of hydrogen-bond donors (Lipinski definition) is 2. The molecule has 0 bridgehead atoms. The van der Waals surface area contributed by atoms with E-state index in [1.54, 1.807) is 0 Å². The number of carboxylic acids is 1. The summed E-state index contributed by atoms with van der Waals surface area (Å²) in [5.74, 6) is -0.948. The van der Waals surface area contributed by atoms with Crippen LogP contribution in [0.3, 0.4) is 0 Å². The number of aliphatic carboxylic acids is 1. The van der Waals surface area contributed by atoms with Crippen molar-refractivity contribution in [2.24, 2.45) is 0 Å². The Bertz CT molecular complexity index is 395. The molecule has 1 atom stereocenters. The van der Waals surface area contributed by atoms with Crippen LogP contribution in [0, 0.1) is 0 Å². The predicted molar refractivity (Wildman–Crippen MR) is 63.3 cm³/mol. The van der Waals surface area contributed by atoms with Gasteiger partial charge in [0.25, 0.3) is 0 Å². The minimum atomic E-state index is -0.948. The Morgan fingerprint density at radius 2 is 1.94 bits per heavy atom. The highest BCUT2D eigenvalue weighted by atomic mass is 79.9. The first kappa shape index (κ1) is 11.6. The summed E-state index contributed by atoms with van der Waals surface area (Å²) in [6.07, 6.45) is 0.758. The highest BCUT2D eigenvalue weighted by Crippen LogP contribution is 2.51. The van der Waals surface area contributed by atoms with Gasteiger partial charge in [0.2, 0.25) is 0 Å². The topological polar surface area (TPSA) is 57.5 Å². The molecule has 2 rings (SSSR count). The van der Waals surface area contributed by atoms with Crippen LogP contribution in [0.5, 0.6) is 0 Å². The summed E-state index contributed by atoms with van der Waals surface area (Å²) in [5.41, 5.74) is 0.712. The summed E-state index contributed by atoms with van der Waals surface area (Å²) in [6.45, 7) is 0. The van der Waals surface area contributed by atoms with E-state index in [9.17, 15) is 9.90 Å². The quantitative estimate of drug-likeness (QED) is 0.892. The van der Waals surface area contributed by atoms with E-state index in [2.05, 4.69) is 15.9 Å². The van der Waals surface area contributed by atoms with E-state index in [0.717, 1.165) is 22.9 Å². The van der Waals surface area contributed by atoms with Crippen molar-refractivity contribution < 1.29 is 15.0 Å². The molecule has 1 aromatic carbocycles. The van der Waals surface area contributed by atoms with Crippen LogP contribution in [0.2, 0.25) is 0 Å². The monoisotopic (exact) mass is 284 g/mol. The van der Waals surface area contributed by atoms with E-state index in [0.29, 0.717) is 0 Å². The highest BCUT2D eigenvalue weighted by molar-refractivity contribution is 9.10. The highest BCUT2D eigenvalue weighted by Gasteiger charge is 2.50. The second-order valence-electron chi connectivity index (χ2n) is 4.28. The van der Waals surface area contributed by atoms with Crippen LogP contribution in [-0.2, 0) is 10.2 Å². The van der Waals surface area contributed by atoms with E-state index < -0.39 is 12.1 Å². The van der Waals surface area contributed by atoms with Gasteiger partial charge in [-0.15, -0.1) is 0 Å². The van der Waals surface area contributed by atoms with E-state index >= 15 is 0 Å². The molecule has 0 aliphatic heterocycles. The molecule has 0 amide bonds. The summed E-state index contributed by atoms with van der Waals surface area (Å²) in [6, 6.07) is 7.73. The maximum atomic E-state index is 10.6. The van der Waals surface area contributed by atoms with Crippen molar-refractivity contribution in [3.8, 4) is 0 Å². The molecule has 1 aliphatic rings. The summed E-state index contributed by atoms with van der Waals surface area (Å²) in [5, 5.41) is 18.6. The van der Waals surface area contributed by atoms with Gasteiger partial charge in [-0.1, -0.05) is 28.1 Å². The number of carboxylic acid groups (broad SMARTS) is 1. The van der Waals surface area contributed by atoms with Crippen LogP contribution >= 0.6 is 15.9 Å². The number of hydrogen-bond acceptors (Lipinski definition) is 2. The van der Waals surface area contributed by atoms with Gasteiger partial charge in [0, 0.05) is 9.89 Å². The van der Waals surface area contributed by atoms with Crippen LogP contribution in [0.4, 0.5) is 0 Å². The fourth-order valence-electron chi connectivity index (χ4n) is 2.09. The van der Waals surface area contributed by atoms with Gasteiger partial charge in [0.1, 0.15) is 0 Å². The maximum absolute atomic E-state index is 10.6. The van der Waals surface area contributed by atoms with Crippen LogP contribution in [0.25, 0.3) is 0 Å². The van der Waals surface area contributed by atoms with Gasteiger partial charge >= 0.3 is 5.97 Å². The zero-order valence-electron chi connectivity index (χ0n) is 8.69. The SMILES string of the molecule is O=C(O)C[C@H](O)C1(c2ccc(Br)cc2)CC1. The lowest BCUT2D eigenvalue weighted by Crippen LogP contribution is -2.28. The summed E-state index contributed by atoms with van der Waals surface area (Å²) in [4.78, 5) is 10.6. The number of halogens is 1. The molecule has 2 N–H and O–H groups in total. The maximum Gasteiger partial charge on any atom is 0.306 e. The Kier molecular flexibility index (Phi) is 3.04. The first-order valence-electron chi connectivity index (χ1n) is 5.20. The molecule has 0 radical (unpaired) electrons. The van der Waals surface area contributed by atoms with Gasteiger partial charge in [-0.25, -0.2) is 0 Å². The lowest BCUT2D eigenvalue weighted by molar-refractivity contribution is -0.139. The molecule has 4 heteroatoms. The standard InChI is InChI=1S/C12H13BrO3/c13-9-3-1-8(2-4-9)12(5-6-12)10(14)7-11(15)16/h1-4,10,14H,5-7H2,(H,15,16)/t10-/m0/s1. The third kappa shape index (κ3) is 2.13. The predicted octanol–water partition coefficient (Wildman–Crippen LogP) is 2.32. The van der Waals surface area contributed by atoms with E-state index in [1.807, 2.05) is 24.3 Å².